The molecule has 0 aliphatic carbocycles. The Morgan fingerprint density at radius 3 is 2.65 bits per heavy atom. The molecule has 0 saturated carbocycles. The molecule has 7 nitrogen and oxygen atoms in total. The Morgan fingerprint density at radius 1 is 1.20 bits per heavy atom. The summed E-state index contributed by atoms with van der Waals surface area (Å²) in [4.78, 5) is 8.34. The van der Waals surface area contributed by atoms with Gasteiger partial charge in [0.15, 0.2) is 0 Å². The second-order valence-electron chi connectivity index (χ2n) is 4.18. The molecule has 108 valence electrons. The maximum Gasteiger partial charge on any atom is 0.273 e. The number of sulfonamides is 1. The van der Waals surface area contributed by atoms with E-state index < -0.39 is 10.0 Å². The van der Waals surface area contributed by atoms with E-state index in [4.69, 9.17) is 4.42 Å². The molecule has 0 unspecified atom stereocenters. The number of hydrogen-bond donors (Lipinski definition) is 2. The number of aryl methyl sites for hydroxylation is 1. The Kier molecular flexibility index (Phi) is 4.48. The quantitative estimate of drug-likeness (QED) is 0.809. The summed E-state index contributed by atoms with van der Waals surface area (Å²) in [5.41, 5.74) is 1.67. The fourth-order valence-corrected chi connectivity index (χ4v) is 2.19. The summed E-state index contributed by atoms with van der Waals surface area (Å²) < 4.78 is 30.4. The summed E-state index contributed by atoms with van der Waals surface area (Å²) in [5.74, 6) is 0.541. The number of nitrogens with zero attached hydrogens (tertiary/aromatic N) is 2. The zero-order chi connectivity index (χ0) is 14.6. The Bertz CT molecular complexity index is 664. The Morgan fingerprint density at radius 2 is 2.00 bits per heavy atom. The van der Waals surface area contributed by atoms with Crippen LogP contribution in [0.2, 0.25) is 0 Å². The highest BCUT2D eigenvalue weighted by Crippen LogP contribution is 2.13. The maximum absolute atomic E-state index is 11.5. The van der Waals surface area contributed by atoms with Gasteiger partial charge in [0.25, 0.3) is 10.0 Å². The van der Waals surface area contributed by atoms with E-state index >= 15 is 0 Å². The molecule has 20 heavy (non-hydrogen) atoms. The average Bonchev–Trinajstić information content (AvgIpc) is 2.91. The molecule has 0 amide bonds. The second-order valence-corrected chi connectivity index (χ2v) is 6.00. The fourth-order valence-electron chi connectivity index (χ4n) is 1.52. The first kappa shape index (κ1) is 14.6. The van der Waals surface area contributed by atoms with Gasteiger partial charge in [-0.3, -0.25) is 9.97 Å². The molecule has 0 radical (unpaired) electrons. The summed E-state index contributed by atoms with van der Waals surface area (Å²) in [6.07, 6.45) is 3.39. The smallest absolute Gasteiger partial charge is 0.273 e. The minimum Gasteiger partial charge on any atom is -0.447 e. The van der Waals surface area contributed by atoms with E-state index in [-0.39, 0.29) is 5.09 Å². The maximum atomic E-state index is 11.5. The number of nitrogens with one attached hydrogen (secondary N) is 2. The molecule has 0 fully saturated rings. The summed E-state index contributed by atoms with van der Waals surface area (Å²) in [7, 11) is -2.19. The molecule has 0 bridgehead atoms. The van der Waals surface area contributed by atoms with Crippen LogP contribution in [0.15, 0.2) is 34.0 Å². The van der Waals surface area contributed by atoms with E-state index in [1.54, 1.807) is 18.5 Å². The lowest BCUT2D eigenvalue weighted by atomic mass is 10.4. The first-order valence-corrected chi connectivity index (χ1v) is 7.50. The van der Waals surface area contributed by atoms with E-state index in [1.165, 1.54) is 13.1 Å². The zero-order valence-electron chi connectivity index (χ0n) is 11.3. The summed E-state index contributed by atoms with van der Waals surface area (Å²) in [6.45, 7) is 2.81. The van der Waals surface area contributed by atoms with Crippen molar-refractivity contribution in [2.24, 2.45) is 0 Å². The van der Waals surface area contributed by atoms with Crippen molar-refractivity contribution in [1.29, 1.82) is 0 Å². The van der Waals surface area contributed by atoms with Crippen molar-refractivity contribution in [3.05, 3.63) is 41.7 Å². The first-order chi connectivity index (χ1) is 9.51. The Hall–Kier alpha value is -1.77. The Labute approximate surface area is 117 Å². The predicted octanol–water partition coefficient (Wildman–Crippen LogP) is 0.576. The number of hydrogen-bond acceptors (Lipinski definition) is 6. The van der Waals surface area contributed by atoms with Crippen molar-refractivity contribution >= 4 is 10.0 Å². The van der Waals surface area contributed by atoms with Crippen LogP contribution in [0, 0.1) is 6.92 Å². The van der Waals surface area contributed by atoms with Crippen LogP contribution >= 0.6 is 0 Å². The van der Waals surface area contributed by atoms with Gasteiger partial charge < -0.3 is 9.73 Å². The highest BCUT2D eigenvalue weighted by atomic mass is 32.2. The average molecular weight is 296 g/mol. The molecule has 2 rings (SSSR count). The van der Waals surface area contributed by atoms with Crippen LogP contribution in [0.1, 0.15) is 17.1 Å². The van der Waals surface area contributed by atoms with Crippen molar-refractivity contribution in [3.8, 4) is 0 Å². The van der Waals surface area contributed by atoms with Gasteiger partial charge in [-0.1, -0.05) is 0 Å². The highest BCUT2D eigenvalue weighted by Gasteiger charge is 2.15. The normalized spacial score (nSPS) is 11.7. The summed E-state index contributed by atoms with van der Waals surface area (Å²) in [6, 6.07) is 3.05. The van der Waals surface area contributed by atoms with Gasteiger partial charge in [-0.05, 0) is 26.1 Å². The minimum atomic E-state index is -3.53. The van der Waals surface area contributed by atoms with Crippen LogP contribution in [0.25, 0.3) is 0 Å². The Balaban J connectivity index is 1.90. The monoisotopic (exact) mass is 296 g/mol. The zero-order valence-corrected chi connectivity index (χ0v) is 12.1. The molecule has 2 aromatic heterocycles. The van der Waals surface area contributed by atoms with Gasteiger partial charge in [0.05, 0.1) is 17.9 Å². The third-order valence-corrected chi connectivity index (χ3v) is 3.90. The van der Waals surface area contributed by atoms with Crippen molar-refractivity contribution in [2.45, 2.75) is 25.1 Å². The molecular weight excluding hydrogens is 280 g/mol. The van der Waals surface area contributed by atoms with Crippen LogP contribution in [0.5, 0.6) is 0 Å². The molecule has 0 saturated heterocycles. The minimum absolute atomic E-state index is 0.0908. The first-order valence-electron chi connectivity index (χ1n) is 6.02. The van der Waals surface area contributed by atoms with Gasteiger partial charge >= 0.3 is 0 Å². The van der Waals surface area contributed by atoms with Gasteiger partial charge in [0.2, 0.25) is 5.09 Å². The van der Waals surface area contributed by atoms with Crippen LogP contribution in [0.3, 0.4) is 0 Å². The van der Waals surface area contributed by atoms with E-state index in [0.717, 1.165) is 11.4 Å². The lowest BCUT2D eigenvalue weighted by Crippen LogP contribution is -2.18. The molecule has 2 N–H and O–H groups in total. The van der Waals surface area contributed by atoms with E-state index in [0.29, 0.717) is 18.8 Å². The molecular formula is C12H16N4O3S. The van der Waals surface area contributed by atoms with E-state index in [9.17, 15) is 8.42 Å². The molecule has 2 heterocycles. The van der Waals surface area contributed by atoms with Gasteiger partial charge in [-0.25, -0.2) is 13.1 Å². The lowest BCUT2D eigenvalue weighted by Gasteiger charge is -2.02. The van der Waals surface area contributed by atoms with E-state index in [1.807, 2.05) is 6.92 Å². The number of rotatable bonds is 6. The second kappa shape index (κ2) is 6.12. The summed E-state index contributed by atoms with van der Waals surface area (Å²) >= 11 is 0. The molecule has 8 heteroatoms. The molecule has 0 aromatic carbocycles. The standard InChI is InChI=1S/C12H16N4O3S/c1-9-5-16-10(7-15-9)6-14-8-11-3-4-12(19-11)20(17,18)13-2/h3-5,7,13-14H,6,8H2,1-2H3. The SMILES string of the molecule is CNS(=O)(=O)c1ccc(CNCc2cnc(C)cn2)o1. The van der Waals surface area contributed by atoms with Crippen LogP contribution in [0.4, 0.5) is 0 Å². The third kappa shape index (κ3) is 3.62. The van der Waals surface area contributed by atoms with Crippen LogP contribution in [-0.2, 0) is 23.1 Å². The van der Waals surface area contributed by atoms with Gasteiger partial charge in [0, 0.05) is 18.9 Å². The molecule has 0 aliphatic heterocycles. The van der Waals surface area contributed by atoms with Gasteiger partial charge in [-0.2, -0.15) is 0 Å². The summed E-state index contributed by atoms with van der Waals surface area (Å²) in [5, 5.41) is 3.02. The van der Waals surface area contributed by atoms with Crippen molar-refractivity contribution < 1.29 is 12.8 Å². The van der Waals surface area contributed by atoms with Crippen molar-refractivity contribution in [1.82, 2.24) is 20.0 Å². The topological polar surface area (TPSA) is 97.1 Å². The highest BCUT2D eigenvalue weighted by molar-refractivity contribution is 7.89. The predicted molar refractivity (Wildman–Crippen MR) is 72.3 cm³/mol. The molecule has 0 spiro atoms. The van der Waals surface area contributed by atoms with Crippen molar-refractivity contribution in [3.63, 3.8) is 0 Å². The van der Waals surface area contributed by atoms with Crippen LogP contribution < -0.4 is 10.0 Å². The molecule has 0 atom stereocenters. The van der Waals surface area contributed by atoms with Gasteiger partial charge in [-0.15, -0.1) is 0 Å². The van der Waals surface area contributed by atoms with Gasteiger partial charge in [0.1, 0.15) is 5.76 Å². The molecule has 2 aromatic rings. The van der Waals surface area contributed by atoms with E-state index in [2.05, 4.69) is 20.0 Å². The number of aromatic nitrogens is 2. The fraction of sp³-hybridized carbons (Fsp3) is 0.333. The third-order valence-electron chi connectivity index (χ3n) is 2.61. The molecule has 0 aliphatic rings. The largest absolute Gasteiger partial charge is 0.447 e. The lowest BCUT2D eigenvalue weighted by molar-refractivity contribution is 0.400. The van der Waals surface area contributed by atoms with Crippen LogP contribution in [-0.4, -0.2) is 25.4 Å². The van der Waals surface area contributed by atoms with Crippen molar-refractivity contribution in [2.75, 3.05) is 7.05 Å². The number of furan rings is 1.